The number of nitrogens with one attached hydrogen (secondary N) is 1. The Labute approximate surface area is 188 Å². The van der Waals surface area contributed by atoms with E-state index in [-0.39, 0.29) is 11.8 Å². The Morgan fingerprint density at radius 2 is 1.84 bits per heavy atom. The monoisotopic (exact) mass is 443 g/mol. The Balaban J connectivity index is 1.27. The van der Waals surface area contributed by atoms with Gasteiger partial charge in [0, 0.05) is 64.0 Å². The number of hydrogen-bond acceptors (Lipinski definition) is 4. The van der Waals surface area contributed by atoms with Gasteiger partial charge in [-0.05, 0) is 18.9 Å². The number of nitrogens with zero attached hydrogens (tertiary/aromatic N) is 4. The van der Waals surface area contributed by atoms with E-state index in [1.807, 2.05) is 23.1 Å². The van der Waals surface area contributed by atoms with E-state index >= 15 is 0 Å². The number of benzene rings is 1. The van der Waals surface area contributed by atoms with Gasteiger partial charge >= 0.3 is 0 Å². The summed E-state index contributed by atoms with van der Waals surface area (Å²) in [6.07, 6.45) is 6.20. The quantitative estimate of drug-likeness (QED) is 0.745. The predicted molar refractivity (Wildman–Crippen MR) is 121 cm³/mol. The summed E-state index contributed by atoms with van der Waals surface area (Å²) in [5.41, 5.74) is 1.85. The van der Waals surface area contributed by atoms with Crippen LogP contribution < -0.4 is 5.32 Å². The van der Waals surface area contributed by atoms with Gasteiger partial charge in [0.05, 0.1) is 10.6 Å². The van der Waals surface area contributed by atoms with Crippen molar-refractivity contribution in [2.45, 2.75) is 25.7 Å². The van der Waals surface area contributed by atoms with Gasteiger partial charge in [-0.15, -0.1) is 0 Å². The number of carbonyl (C=O) groups is 2. The van der Waals surface area contributed by atoms with Crippen molar-refractivity contribution in [1.82, 2.24) is 24.9 Å². The fourth-order valence-electron chi connectivity index (χ4n) is 4.55. The maximum atomic E-state index is 12.8. The van der Waals surface area contributed by atoms with Crippen LogP contribution in [-0.2, 0) is 11.8 Å². The van der Waals surface area contributed by atoms with Crippen molar-refractivity contribution in [3.63, 3.8) is 0 Å². The van der Waals surface area contributed by atoms with E-state index < -0.39 is 0 Å². The normalized spacial score (nSPS) is 17.8. The second-order valence-electron chi connectivity index (χ2n) is 8.45. The molecular weight excluding hydrogens is 414 g/mol. The molecule has 2 amide bonds. The van der Waals surface area contributed by atoms with Crippen LogP contribution in [0, 0.1) is 5.92 Å². The van der Waals surface area contributed by atoms with Gasteiger partial charge in [-0.3, -0.25) is 19.2 Å². The van der Waals surface area contributed by atoms with Gasteiger partial charge in [0.1, 0.15) is 5.69 Å². The third-order valence-corrected chi connectivity index (χ3v) is 6.63. The van der Waals surface area contributed by atoms with Crippen molar-refractivity contribution in [3.05, 3.63) is 41.0 Å². The Morgan fingerprint density at radius 1 is 1.13 bits per heavy atom. The molecule has 0 spiro atoms. The molecule has 4 rings (SSSR count). The Kier molecular flexibility index (Phi) is 6.92. The van der Waals surface area contributed by atoms with E-state index in [0.717, 1.165) is 51.1 Å². The highest BCUT2D eigenvalue weighted by Crippen LogP contribution is 2.29. The minimum atomic E-state index is -0.155. The molecule has 8 heteroatoms. The molecule has 2 aromatic rings. The minimum Gasteiger partial charge on any atom is -0.351 e. The minimum absolute atomic E-state index is 0.155. The smallest absolute Gasteiger partial charge is 0.255 e. The van der Waals surface area contributed by atoms with E-state index in [2.05, 4.69) is 15.3 Å². The van der Waals surface area contributed by atoms with E-state index in [9.17, 15) is 9.59 Å². The molecule has 1 aliphatic carbocycles. The van der Waals surface area contributed by atoms with Gasteiger partial charge in [0.15, 0.2) is 0 Å². The zero-order valence-electron chi connectivity index (χ0n) is 18.0. The van der Waals surface area contributed by atoms with Crippen molar-refractivity contribution >= 4 is 23.4 Å². The maximum absolute atomic E-state index is 12.8. The lowest BCUT2D eigenvalue weighted by atomic mass is 10.1. The van der Waals surface area contributed by atoms with Gasteiger partial charge in [0.25, 0.3) is 5.91 Å². The van der Waals surface area contributed by atoms with E-state index in [1.54, 1.807) is 24.0 Å². The number of aromatic nitrogens is 2. The second kappa shape index (κ2) is 9.83. The SMILES string of the molecule is Cn1cc(C(=O)NCCN2CCN(C(=O)C3CCCC3)CC2)c(-c2ccccc2Cl)n1. The molecule has 1 saturated heterocycles. The summed E-state index contributed by atoms with van der Waals surface area (Å²) in [5, 5.41) is 8.02. The molecule has 0 unspecified atom stereocenters. The second-order valence-corrected chi connectivity index (χ2v) is 8.86. The number of hydrogen-bond donors (Lipinski definition) is 1. The fourth-order valence-corrected chi connectivity index (χ4v) is 4.78. The lowest BCUT2D eigenvalue weighted by Crippen LogP contribution is -2.51. The largest absolute Gasteiger partial charge is 0.351 e. The first-order valence-corrected chi connectivity index (χ1v) is 11.5. The average Bonchev–Trinajstić information content (AvgIpc) is 3.44. The zero-order chi connectivity index (χ0) is 21.8. The third-order valence-electron chi connectivity index (χ3n) is 6.30. The first kappa shape index (κ1) is 21.8. The first-order chi connectivity index (χ1) is 15.0. The predicted octanol–water partition coefficient (Wildman–Crippen LogP) is 2.80. The van der Waals surface area contributed by atoms with Crippen LogP contribution in [0.4, 0.5) is 0 Å². The van der Waals surface area contributed by atoms with Gasteiger partial charge in [-0.1, -0.05) is 42.6 Å². The molecule has 7 nitrogen and oxygen atoms in total. The Bertz CT molecular complexity index is 930. The molecule has 2 fully saturated rings. The van der Waals surface area contributed by atoms with Crippen LogP contribution in [0.25, 0.3) is 11.3 Å². The number of halogens is 1. The number of amides is 2. The van der Waals surface area contributed by atoms with Crippen LogP contribution in [0.5, 0.6) is 0 Å². The van der Waals surface area contributed by atoms with Crippen molar-refractivity contribution < 1.29 is 9.59 Å². The number of rotatable bonds is 6. The zero-order valence-corrected chi connectivity index (χ0v) is 18.8. The number of piperazine rings is 1. The summed E-state index contributed by atoms with van der Waals surface area (Å²) >= 11 is 6.31. The molecular formula is C23H30ClN5O2. The molecule has 0 bridgehead atoms. The van der Waals surface area contributed by atoms with E-state index in [0.29, 0.717) is 28.7 Å². The molecule has 1 aromatic heterocycles. The number of aryl methyl sites for hydroxylation is 1. The first-order valence-electron chi connectivity index (χ1n) is 11.1. The highest BCUT2D eigenvalue weighted by molar-refractivity contribution is 6.33. The summed E-state index contributed by atoms with van der Waals surface area (Å²) in [7, 11) is 1.80. The highest BCUT2D eigenvalue weighted by atomic mass is 35.5. The van der Waals surface area contributed by atoms with E-state index in [4.69, 9.17) is 11.6 Å². The average molecular weight is 444 g/mol. The van der Waals surface area contributed by atoms with Crippen molar-refractivity contribution in [1.29, 1.82) is 0 Å². The lowest BCUT2D eigenvalue weighted by Gasteiger charge is -2.36. The van der Waals surface area contributed by atoms with Gasteiger partial charge in [0.2, 0.25) is 5.91 Å². The van der Waals surface area contributed by atoms with Crippen molar-refractivity contribution in [2.75, 3.05) is 39.3 Å². The summed E-state index contributed by atoms with van der Waals surface area (Å²) < 4.78 is 1.63. The van der Waals surface area contributed by atoms with Gasteiger partial charge in [-0.2, -0.15) is 5.10 Å². The van der Waals surface area contributed by atoms with Crippen molar-refractivity contribution in [2.24, 2.45) is 13.0 Å². The molecule has 166 valence electrons. The van der Waals surface area contributed by atoms with Crippen LogP contribution in [0.2, 0.25) is 5.02 Å². The lowest BCUT2D eigenvalue weighted by molar-refractivity contribution is -0.137. The Hall–Kier alpha value is -2.38. The van der Waals surface area contributed by atoms with Crippen LogP contribution in [-0.4, -0.2) is 70.7 Å². The fraction of sp³-hybridized carbons (Fsp3) is 0.522. The molecule has 1 aliphatic heterocycles. The van der Waals surface area contributed by atoms with Gasteiger partial charge in [-0.25, -0.2) is 0 Å². The molecule has 2 aliphatic rings. The van der Waals surface area contributed by atoms with Crippen molar-refractivity contribution in [3.8, 4) is 11.3 Å². The van der Waals surface area contributed by atoms with Crippen LogP contribution >= 0.6 is 11.6 Å². The molecule has 1 N–H and O–H groups in total. The highest BCUT2D eigenvalue weighted by Gasteiger charge is 2.29. The maximum Gasteiger partial charge on any atom is 0.255 e. The molecule has 0 atom stereocenters. The topological polar surface area (TPSA) is 70.5 Å². The number of carbonyl (C=O) groups excluding carboxylic acids is 2. The summed E-state index contributed by atoms with van der Waals surface area (Å²) in [5.74, 6) is 0.435. The standard InChI is InChI=1S/C23H30ClN5O2/c1-27-16-19(21(26-27)18-8-4-5-9-20(18)24)22(30)25-10-11-28-12-14-29(15-13-28)23(31)17-6-2-3-7-17/h4-5,8-9,16-17H,2-3,6-7,10-15H2,1H3,(H,25,30). The van der Waals surface area contributed by atoms with Crippen LogP contribution in [0.15, 0.2) is 30.5 Å². The summed E-state index contributed by atoms with van der Waals surface area (Å²) in [6, 6.07) is 7.41. The third kappa shape index (κ3) is 5.10. The molecule has 1 aromatic carbocycles. The van der Waals surface area contributed by atoms with E-state index in [1.165, 1.54) is 12.8 Å². The molecule has 31 heavy (non-hydrogen) atoms. The summed E-state index contributed by atoms with van der Waals surface area (Å²) in [6.45, 7) is 4.58. The van der Waals surface area contributed by atoms with Gasteiger partial charge < -0.3 is 10.2 Å². The summed E-state index contributed by atoms with van der Waals surface area (Å²) in [4.78, 5) is 29.7. The molecule has 0 radical (unpaired) electrons. The van der Waals surface area contributed by atoms with Crippen LogP contribution in [0.1, 0.15) is 36.0 Å². The van der Waals surface area contributed by atoms with Crippen LogP contribution in [0.3, 0.4) is 0 Å². The molecule has 2 heterocycles. The molecule has 1 saturated carbocycles. The Morgan fingerprint density at radius 3 is 2.55 bits per heavy atom.